The fraction of sp³-hybridized carbons (Fsp3) is 0.900. The first-order valence-electron chi connectivity index (χ1n) is 10.4. The Bertz CT molecular complexity index is 572. The van der Waals surface area contributed by atoms with Crippen LogP contribution in [-0.2, 0) is 14.3 Å². The van der Waals surface area contributed by atoms with E-state index in [0.29, 0.717) is 37.0 Å². The zero-order valence-corrected chi connectivity index (χ0v) is 17.0. The molecule has 4 rings (SSSR count). The van der Waals surface area contributed by atoms with Crippen molar-refractivity contribution in [3.8, 4) is 0 Å². The molecule has 5 atom stereocenters. The van der Waals surface area contributed by atoms with E-state index in [1.54, 1.807) is 0 Å². The molecule has 0 aromatic carbocycles. The van der Waals surface area contributed by atoms with Gasteiger partial charge in [-0.3, -0.25) is 14.6 Å². The summed E-state index contributed by atoms with van der Waals surface area (Å²) in [6.07, 6.45) is 1.66. The Morgan fingerprint density at radius 3 is 2.19 bits per heavy atom. The first-order chi connectivity index (χ1) is 13.0. The van der Waals surface area contributed by atoms with E-state index in [9.17, 15) is 9.59 Å². The van der Waals surface area contributed by atoms with E-state index in [1.807, 2.05) is 9.80 Å². The van der Waals surface area contributed by atoms with Crippen LogP contribution in [0.4, 0.5) is 4.79 Å². The number of fused-ring (bicyclic) bond motifs is 3. The number of carbonyl (C=O) groups is 2. The van der Waals surface area contributed by atoms with E-state index < -0.39 is 0 Å². The predicted molar refractivity (Wildman–Crippen MR) is 100 cm³/mol. The fourth-order valence-corrected chi connectivity index (χ4v) is 5.78. The monoisotopic (exact) mass is 379 g/mol. The summed E-state index contributed by atoms with van der Waals surface area (Å²) in [5.74, 6) is 1.65. The highest BCUT2D eigenvalue weighted by molar-refractivity contribution is 5.83. The van der Waals surface area contributed by atoms with Crippen molar-refractivity contribution in [1.82, 2.24) is 14.7 Å². The summed E-state index contributed by atoms with van der Waals surface area (Å²) in [4.78, 5) is 31.4. The van der Waals surface area contributed by atoms with Crippen LogP contribution < -0.4 is 0 Å². The molecule has 0 spiro atoms. The molecular formula is C20H33N3O4. The average Bonchev–Trinajstić information content (AvgIpc) is 3.13. The van der Waals surface area contributed by atoms with E-state index >= 15 is 0 Å². The summed E-state index contributed by atoms with van der Waals surface area (Å²) >= 11 is 0. The second kappa shape index (κ2) is 7.24. The Morgan fingerprint density at radius 1 is 1.11 bits per heavy atom. The summed E-state index contributed by atoms with van der Waals surface area (Å²) in [5, 5.41) is 0. The smallest absolute Gasteiger partial charge is 0.410 e. The first kappa shape index (κ1) is 19.0. The van der Waals surface area contributed by atoms with Crippen molar-refractivity contribution in [2.24, 2.45) is 17.8 Å². The van der Waals surface area contributed by atoms with Crippen LogP contribution >= 0.6 is 0 Å². The maximum Gasteiger partial charge on any atom is 0.410 e. The second-order valence-corrected chi connectivity index (χ2v) is 8.87. The highest BCUT2D eigenvalue weighted by Gasteiger charge is 2.61. The second-order valence-electron chi connectivity index (χ2n) is 8.87. The molecule has 152 valence electrons. The predicted octanol–water partition coefficient (Wildman–Crippen LogP) is 1.42. The van der Waals surface area contributed by atoms with Crippen LogP contribution in [0.2, 0.25) is 0 Å². The molecule has 0 aromatic rings. The van der Waals surface area contributed by atoms with Crippen molar-refractivity contribution < 1.29 is 19.1 Å². The van der Waals surface area contributed by atoms with Gasteiger partial charge in [-0.1, -0.05) is 0 Å². The van der Waals surface area contributed by atoms with Gasteiger partial charge in [0.2, 0.25) is 5.91 Å². The fourth-order valence-electron chi connectivity index (χ4n) is 5.78. The summed E-state index contributed by atoms with van der Waals surface area (Å²) in [6, 6.07) is 0.990. The summed E-state index contributed by atoms with van der Waals surface area (Å²) in [7, 11) is 1.45. The van der Waals surface area contributed by atoms with Gasteiger partial charge in [-0.2, -0.15) is 0 Å². The number of carbonyl (C=O) groups excluding carboxylic acids is 2. The lowest BCUT2D eigenvalue weighted by Gasteiger charge is -2.49. The first-order valence-corrected chi connectivity index (χ1v) is 10.4. The highest BCUT2D eigenvalue weighted by atomic mass is 16.5. The zero-order valence-electron chi connectivity index (χ0n) is 17.0. The van der Waals surface area contributed by atoms with Gasteiger partial charge in [-0.15, -0.1) is 0 Å². The third kappa shape index (κ3) is 3.23. The van der Waals surface area contributed by atoms with Gasteiger partial charge in [0, 0.05) is 37.6 Å². The van der Waals surface area contributed by atoms with Gasteiger partial charge in [0.05, 0.1) is 32.4 Å². The topological polar surface area (TPSA) is 62.3 Å². The maximum absolute atomic E-state index is 12.8. The molecule has 2 amide bonds. The highest BCUT2D eigenvalue weighted by Crippen LogP contribution is 2.54. The number of morpholine rings is 1. The van der Waals surface area contributed by atoms with Gasteiger partial charge in [0.1, 0.15) is 0 Å². The van der Waals surface area contributed by atoms with E-state index in [4.69, 9.17) is 9.47 Å². The average molecular weight is 380 g/mol. The number of hydrogen-bond donors (Lipinski definition) is 0. The molecular weight excluding hydrogens is 346 g/mol. The number of ether oxygens (including phenoxy) is 2. The summed E-state index contributed by atoms with van der Waals surface area (Å²) in [6.45, 7) is 10.3. The minimum absolute atomic E-state index is 0.112. The van der Waals surface area contributed by atoms with Crippen molar-refractivity contribution in [3.05, 3.63) is 0 Å². The Hall–Kier alpha value is -1.34. The molecule has 27 heavy (non-hydrogen) atoms. The van der Waals surface area contributed by atoms with E-state index in [-0.39, 0.29) is 30.1 Å². The molecule has 7 nitrogen and oxygen atoms in total. The molecule has 4 aliphatic rings. The van der Waals surface area contributed by atoms with Crippen LogP contribution in [-0.4, -0.2) is 90.8 Å². The zero-order chi connectivity index (χ0) is 19.3. The standard InChI is InChI=1S/C20H33N3O4/c1-5-22(12(2)3)19(24)18-16-8-21(9-17(16)18)13-6-14-10-27-11-15(7-13)23(14)20(25)26-4/h12-18H,5-11H2,1-4H3/t13?,14?,15?,16-,17+,18+. The Labute approximate surface area is 161 Å². The summed E-state index contributed by atoms with van der Waals surface area (Å²) in [5.41, 5.74) is 0. The van der Waals surface area contributed by atoms with Gasteiger partial charge in [0.25, 0.3) is 0 Å². The van der Waals surface area contributed by atoms with Gasteiger partial charge in [0.15, 0.2) is 0 Å². The number of rotatable bonds is 4. The van der Waals surface area contributed by atoms with Gasteiger partial charge in [-0.25, -0.2) is 4.79 Å². The molecule has 2 bridgehead atoms. The lowest BCUT2D eigenvalue weighted by Crippen LogP contribution is -2.62. The van der Waals surface area contributed by atoms with E-state index in [2.05, 4.69) is 25.7 Å². The number of piperidine rings is 2. The van der Waals surface area contributed by atoms with Crippen LogP contribution in [0.3, 0.4) is 0 Å². The van der Waals surface area contributed by atoms with Crippen molar-refractivity contribution in [1.29, 1.82) is 0 Å². The third-order valence-corrected chi connectivity index (χ3v) is 7.15. The number of amides is 2. The quantitative estimate of drug-likeness (QED) is 0.739. The van der Waals surface area contributed by atoms with Crippen LogP contribution in [0.15, 0.2) is 0 Å². The van der Waals surface area contributed by atoms with Gasteiger partial charge in [-0.05, 0) is 45.4 Å². The molecule has 3 saturated heterocycles. The molecule has 4 fully saturated rings. The van der Waals surface area contributed by atoms with Crippen molar-refractivity contribution >= 4 is 12.0 Å². The van der Waals surface area contributed by atoms with Crippen LogP contribution in [0, 0.1) is 17.8 Å². The number of nitrogens with zero attached hydrogens (tertiary/aromatic N) is 3. The molecule has 0 radical (unpaired) electrons. The van der Waals surface area contributed by atoms with Crippen molar-refractivity contribution in [2.45, 2.75) is 57.8 Å². The molecule has 1 saturated carbocycles. The van der Waals surface area contributed by atoms with Crippen LogP contribution in [0.5, 0.6) is 0 Å². The Morgan fingerprint density at radius 2 is 1.70 bits per heavy atom. The Balaban J connectivity index is 1.35. The van der Waals surface area contributed by atoms with Crippen molar-refractivity contribution in [3.63, 3.8) is 0 Å². The number of methoxy groups -OCH3 is 1. The van der Waals surface area contributed by atoms with Crippen LogP contribution in [0.1, 0.15) is 33.6 Å². The SMILES string of the molecule is CCN(C(=O)[C@H]1[C@@H]2CN(C3CC4COCC(C3)N4C(=O)OC)C[C@@H]21)C(C)C. The lowest BCUT2D eigenvalue weighted by atomic mass is 9.89. The minimum atomic E-state index is -0.227. The molecule has 2 unspecified atom stereocenters. The minimum Gasteiger partial charge on any atom is -0.453 e. The van der Waals surface area contributed by atoms with E-state index in [0.717, 1.165) is 32.5 Å². The van der Waals surface area contributed by atoms with Gasteiger partial charge >= 0.3 is 6.09 Å². The van der Waals surface area contributed by atoms with Gasteiger partial charge < -0.3 is 14.4 Å². The third-order valence-electron chi connectivity index (χ3n) is 7.15. The van der Waals surface area contributed by atoms with Crippen molar-refractivity contribution in [2.75, 3.05) is 40.0 Å². The largest absolute Gasteiger partial charge is 0.453 e. The maximum atomic E-state index is 12.8. The summed E-state index contributed by atoms with van der Waals surface area (Å²) < 4.78 is 10.7. The normalized spacial score (nSPS) is 37.9. The Kier molecular flexibility index (Phi) is 5.10. The van der Waals surface area contributed by atoms with E-state index in [1.165, 1.54) is 7.11 Å². The number of hydrogen-bond acceptors (Lipinski definition) is 5. The molecule has 3 aliphatic heterocycles. The lowest BCUT2D eigenvalue weighted by molar-refractivity contribution is -0.135. The molecule has 0 N–H and O–H groups in total. The molecule has 1 aliphatic carbocycles. The molecule has 7 heteroatoms. The van der Waals surface area contributed by atoms with Crippen LogP contribution in [0.25, 0.3) is 0 Å². The number of likely N-dealkylation sites (tertiary alicyclic amines) is 1. The molecule has 3 heterocycles. The molecule has 0 aromatic heterocycles.